The fourth-order valence-corrected chi connectivity index (χ4v) is 2.47. The second-order valence-corrected chi connectivity index (χ2v) is 6.18. The molecular weight excluding hydrogens is 460 g/mol. The Morgan fingerprint density at radius 1 is 1.03 bits per heavy atom. The molecule has 0 aliphatic carbocycles. The molecule has 0 amide bonds. The highest BCUT2D eigenvalue weighted by Gasteiger charge is 2.58. The summed E-state index contributed by atoms with van der Waals surface area (Å²) in [5.41, 5.74) is -4.61. The zero-order valence-corrected chi connectivity index (χ0v) is 15.6. The highest BCUT2D eigenvalue weighted by molar-refractivity contribution is 5.66. The monoisotopic (exact) mass is 470 g/mol. The molecule has 0 unspecified atom stereocenters. The van der Waals surface area contributed by atoms with Crippen LogP contribution in [-0.2, 0) is 6.18 Å². The predicted octanol–water partition coefficient (Wildman–Crippen LogP) is 3.76. The van der Waals surface area contributed by atoms with Crippen LogP contribution in [0.4, 0.5) is 35.1 Å². The molecule has 0 fully saturated rings. The van der Waals surface area contributed by atoms with Crippen LogP contribution in [0.5, 0.6) is 11.8 Å². The fraction of sp³-hybridized carbons (Fsp3) is 0.294. The van der Waals surface area contributed by atoms with Crippen molar-refractivity contribution in [1.29, 1.82) is 0 Å². The molecule has 0 N–H and O–H groups in total. The van der Waals surface area contributed by atoms with E-state index in [1.165, 1.54) is 13.2 Å². The molecule has 0 aromatic carbocycles. The van der Waals surface area contributed by atoms with Crippen molar-refractivity contribution in [3.05, 3.63) is 46.8 Å². The van der Waals surface area contributed by atoms with E-state index in [-0.39, 0.29) is 11.4 Å². The lowest BCUT2D eigenvalue weighted by Gasteiger charge is -2.19. The summed E-state index contributed by atoms with van der Waals surface area (Å²) >= 11 is 0. The van der Waals surface area contributed by atoms with Crippen molar-refractivity contribution >= 4 is 5.65 Å². The average Bonchev–Trinajstić information content (AvgIpc) is 2.71. The number of hydrogen-bond acceptors (Lipinski definition) is 6. The SMILES string of the molecule is COc1ccn2c(=O)c(-c3cnc(OCC(F)(F)C(F)(F)F)nc3)c(C(F)(F)F)nc2c1. The number of pyridine rings is 1. The normalized spacial score (nSPS) is 12.8. The Balaban J connectivity index is 2.03. The Labute approximate surface area is 172 Å². The van der Waals surface area contributed by atoms with Gasteiger partial charge in [-0.2, -0.15) is 35.1 Å². The van der Waals surface area contributed by atoms with Crippen LogP contribution in [0.3, 0.4) is 0 Å². The fourth-order valence-electron chi connectivity index (χ4n) is 2.47. The molecule has 0 aliphatic rings. The van der Waals surface area contributed by atoms with Crippen molar-refractivity contribution in [1.82, 2.24) is 19.4 Å². The molecule has 32 heavy (non-hydrogen) atoms. The molecular formula is C17H10F8N4O3. The van der Waals surface area contributed by atoms with Crippen LogP contribution in [0, 0.1) is 0 Å². The van der Waals surface area contributed by atoms with Gasteiger partial charge in [0.2, 0.25) is 0 Å². The minimum atomic E-state index is -5.89. The number of methoxy groups -OCH3 is 1. The van der Waals surface area contributed by atoms with E-state index in [1.807, 2.05) is 0 Å². The number of ether oxygens (including phenoxy) is 2. The van der Waals surface area contributed by atoms with Crippen molar-refractivity contribution in [3.8, 4) is 22.9 Å². The minimum Gasteiger partial charge on any atom is -0.497 e. The third-order valence-electron chi connectivity index (χ3n) is 4.02. The summed E-state index contributed by atoms with van der Waals surface area (Å²) in [4.78, 5) is 22.8. The average molecular weight is 470 g/mol. The molecule has 0 atom stereocenters. The predicted molar refractivity (Wildman–Crippen MR) is 90.5 cm³/mol. The van der Waals surface area contributed by atoms with Gasteiger partial charge in [-0.25, -0.2) is 15.0 Å². The van der Waals surface area contributed by atoms with Gasteiger partial charge in [0.05, 0.1) is 12.7 Å². The highest BCUT2D eigenvalue weighted by Crippen LogP contribution is 2.36. The van der Waals surface area contributed by atoms with Gasteiger partial charge in [-0.3, -0.25) is 9.20 Å². The van der Waals surface area contributed by atoms with Gasteiger partial charge in [-0.15, -0.1) is 0 Å². The molecule has 3 aromatic rings. The Bertz CT molecular complexity index is 1190. The first-order valence-corrected chi connectivity index (χ1v) is 8.32. The van der Waals surface area contributed by atoms with Crippen molar-refractivity contribution < 1.29 is 44.6 Å². The van der Waals surface area contributed by atoms with Gasteiger partial charge in [-0.1, -0.05) is 0 Å². The quantitative estimate of drug-likeness (QED) is 0.529. The van der Waals surface area contributed by atoms with Crippen LogP contribution in [-0.4, -0.2) is 45.2 Å². The second kappa shape index (κ2) is 7.87. The van der Waals surface area contributed by atoms with E-state index in [1.54, 1.807) is 0 Å². The number of nitrogens with zero attached hydrogens (tertiary/aromatic N) is 4. The lowest BCUT2D eigenvalue weighted by Crippen LogP contribution is -2.42. The van der Waals surface area contributed by atoms with Crippen LogP contribution in [0.25, 0.3) is 16.8 Å². The largest absolute Gasteiger partial charge is 0.497 e. The summed E-state index contributed by atoms with van der Waals surface area (Å²) in [6.07, 6.45) is -8.64. The summed E-state index contributed by atoms with van der Waals surface area (Å²) < 4.78 is 113. The Morgan fingerprint density at radius 3 is 2.19 bits per heavy atom. The third-order valence-corrected chi connectivity index (χ3v) is 4.02. The zero-order chi connectivity index (χ0) is 23.9. The number of hydrogen-bond donors (Lipinski definition) is 0. The van der Waals surface area contributed by atoms with Crippen LogP contribution in [0.1, 0.15) is 5.69 Å². The van der Waals surface area contributed by atoms with Gasteiger partial charge in [0, 0.05) is 30.2 Å². The number of aromatic nitrogens is 4. The van der Waals surface area contributed by atoms with E-state index in [9.17, 15) is 39.9 Å². The summed E-state index contributed by atoms with van der Waals surface area (Å²) in [7, 11) is 1.26. The summed E-state index contributed by atoms with van der Waals surface area (Å²) in [6, 6.07) is 1.42. The second-order valence-electron chi connectivity index (χ2n) is 6.18. The summed E-state index contributed by atoms with van der Waals surface area (Å²) in [5.74, 6) is -5.07. The van der Waals surface area contributed by atoms with Gasteiger partial charge >= 0.3 is 24.3 Å². The highest BCUT2D eigenvalue weighted by atomic mass is 19.4. The topological polar surface area (TPSA) is 78.6 Å². The van der Waals surface area contributed by atoms with Gasteiger partial charge < -0.3 is 9.47 Å². The van der Waals surface area contributed by atoms with E-state index in [0.29, 0.717) is 12.4 Å². The number of halogens is 8. The lowest BCUT2D eigenvalue weighted by molar-refractivity contribution is -0.290. The molecule has 0 saturated heterocycles. The van der Waals surface area contributed by atoms with Gasteiger partial charge in [0.15, 0.2) is 12.3 Å². The lowest BCUT2D eigenvalue weighted by atomic mass is 10.1. The molecule has 0 radical (unpaired) electrons. The van der Waals surface area contributed by atoms with Crippen LogP contribution >= 0.6 is 0 Å². The molecule has 3 heterocycles. The van der Waals surface area contributed by atoms with Crippen LogP contribution in [0.2, 0.25) is 0 Å². The maximum Gasteiger partial charge on any atom is 0.456 e. The molecule has 0 bridgehead atoms. The first-order valence-electron chi connectivity index (χ1n) is 8.32. The molecule has 15 heteroatoms. The molecule has 3 rings (SSSR count). The smallest absolute Gasteiger partial charge is 0.456 e. The first-order chi connectivity index (χ1) is 14.7. The summed E-state index contributed by atoms with van der Waals surface area (Å²) in [6.45, 7) is -2.15. The van der Waals surface area contributed by atoms with Gasteiger partial charge in [-0.05, 0) is 6.07 Å². The molecule has 0 spiro atoms. The molecule has 7 nitrogen and oxygen atoms in total. The molecule has 0 aliphatic heterocycles. The van der Waals surface area contributed by atoms with Crippen LogP contribution < -0.4 is 15.0 Å². The van der Waals surface area contributed by atoms with E-state index >= 15 is 0 Å². The van der Waals surface area contributed by atoms with Gasteiger partial charge in [0.1, 0.15) is 11.4 Å². The van der Waals surface area contributed by atoms with Crippen molar-refractivity contribution in [2.75, 3.05) is 13.7 Å². The molecule has 3 aromatic heterocycles. The Hall–Kier alpha value is -3.52. The maximum absolute atomic E-state index is 13.6. The zero-order valence-electron chi connectivity index (χ0n) is 15.6. The Morgan fingerprint density at radius 2 is 1.66 bits per heavy atom. The van der Waals surface area contributed by atoms with E-state index in [0.717, 1.165) is 16.7 Å². The number of fused-ring (bicyclic) bond motifs is 1. The molecule has 0 saturated carbocycles. The summed E-state index contributed by atoms with van der Waals surface area (Å²) in [5, 5.41) is 0. The van der Waals surface area contributed by atoms with Crippen molar-refractivity contribution in [2.45, 2.75) is 18.3 Å². The number of alkyl halides is 8. The Kier molecular flexibility index (Phi) is 5.69. The van der Waals surface area contributed by atoms with E-state index in [2.05, 4.69) is 19.7 Å². The van der Waals surface area contributed by atoms with Crippen molar-refractivity contribution in [3.63, 3.8) is 0 Å². The van der Waals surface area contributed by atoms with Gasteiger partial charge in [0.25, 0.3) is 5.56 Å². The van der Waals surface area contributed by atoms with E-state index < -0.39 is 53.3 Å². The third kappa shape index (κ3) is 4.40. The maximum atomic E-state index is 13.6. The molecule has 172 valence electrons. The van der Waals surface area contributed by atoms with Crippen LogP contribution in [0.15, 0.2) is 35.5 Å². The standard InChI is InChI=1S/C17H10F8N4O3/c1-31-9-2-3-29-10(4-9)28-12(16(20,21)22)11(13(29)30)8-5-26-14(27-6-8)32-7-15(18,19)17(23,24)25/h2-6H,7H2,1H3. The first kappa shape index (κ1) is 23.1. The minimum absolute atomic E-state index is 0.137. The van der Waals surface area contributed by atoms with Crippen molar-refractivity contribution in [2.24, 2.45) is 0 Å². The van der Waals surface area contributed by atoms with E-state index in [4.69, 9.17) is 4.74 Å². The number of rotatable bonds is 5.